The molecule has 2 aromatic rings. The first-order chi connectivity index (χ1) is 10.7. The molecule has 0 spiro atoms. The molecule has 1 aliphatic heterocycles. The van der Waals surface area contributed by atoms with E-state index in [4.69, 9.17) is 4.52 Å². The van der Waals surface area contributed by atoms with E-state index in [1.54, 1.807) is 19.9 Å². The highest BCUT2D eigenvalue weighted by Gasteiger charge is 2.32. The molecule has 0 unspecified atom stereocenters. The average molecular weight is 376 g/mol. The Labute approximate surface area is 138 Å². The fraction of sp³-hybridized carbons (Fsp3) is 0.462. The molecule has 2 aromatic heterocycles. The lowest BCUT2D eigenvalue weighted by molar-refractivity contribution is 0.393. The van der Waals surface area contributed by atoms with Crippen molar-refractivity contribution in [3.63, 3.8) is 0 Å². The summed E-state index contributed by atoms with van der Waals surface area (Å²) in [5.74, 6) is 0.506. The summed E-state index contributed by atoms with van der Waals surface area (Å²) in [7, 11) is -6.87. The van der Waals surface area contributed by atoms with Crippen LogP contribution in [0.4, 0.5) is 0 Å². The van der Waals surface area contributed by atoms with Gasteiger partial charge in [-0.3, -0.25) is 0 Å². The molecule has 1 aliphatic rings. The van der Waals surface area contributed by atoms with Crippen molar-refractivity contribution >= 4 is 31.2 Å². The van der Waals surface area contributed by atoms with Crippen LogP contribution >= 0.6 is 11.3 Å². The number of sulfonamides is 1. The second-order valence-corrected chi connectivity index (χ2v) is 10.8. The van der Waals surface area contributed by atoms with Crippen molar-refractivity contribution in [2.75, 3.05) is 11.5 Å². The molecular formula is C13H16N2O5S3. The number of hydrogen-bond acceptors (Lipinski definition) is 7. The molecule has 23 heavy (non-hydrogen) atoms. The quantitative estimate of drug-likeness (QED) is 0.866. The Balaban J connectivity index is 1.85. The van der Waals surface area contributed by atoms with Crippen molar-refractivity contribution in [3.05, 3.63) is 23.6 Å². The van der Waals surface area contributed by atoms with Gasteiger partial charge in [0.15, 0.2) is 9.84 Å². The van der Waals surface area contributed by atoms with Crippen LogP contribution in [0.5, 0.6) is 0 Å². The molecule has 0 bridgehead atoms. The smallest absolute Gasteiger partial charge is 0.250 e. The van der Waals surface area contributed by atoms with Crippen molar-refractivity contribution in [2.45, 2.75) is 30.5 Å². The number of nitrogens with one attached hydrogen (secondary N) is 1. The Morgan fingerprint density at radius 2 is 2.09 bits per heavy atom. The Morgan fingerprint density at radius 1 is 1.35 bits per heavy atom. The number of aromatic nitrogens is 1. The Bertz CT molecular complexity index is 921. The summed E-state index contributed by atoms with van der Waals surface area (Å²) < 4.78 is 55.5. The second kappa shape index (κ2) is 5.69. The molecule has 1 saturated heterocycles. The van der Waals surface area contributed by atoms with Gasteiger partial charge in [0.25, 0.3) is 0 Å². The first-order valence-corrected chi connectivity index (χ1v) is 11.1. The fourth-order valence-corrected chi connectivity index (χ4v) is 7.12. The molecule has 10 heteroatoms. The third kappa shape index (κ3) is 3.35. The van der Waals surface area contributed by atoms with Crippen LogP contribution in [0.15, 0.2) is 20.9 Å². The minimum atomic E-state index is -3.74. The first kappa shape index (κ1) is 16.6. The van der Waals surface area contributed by atoms with Gasteiger partial charge in [-0.2, -0.15) is 0 Å². The van der Waals surface area contributed by atoms with Crippen molar-refractivity contribution in [1.29, 1.82) is 0 Å². The van der Waals surface area contributed by atoms with Gasteiger partial charge in [-0.15, -0.1) is 11.3 Å². The van der Waals surface area contributed by atoms with E-state index in [2.05, 4.69) is 9.88 Å². The summed E-state index contributed by atoms with van der Waals surface area (Å²) in [6.07, 6.45) is 0.309. The molecule has 7 nitrogen and oxygen atoms in total. The molecular weight excluding hydrogens is 360 g/mol. The predicted octanol–water partition coefficient (Wildman–Crippen LogP) is 1.49. The van der Waals surface area contributed by atoms with Crippen molar-refractivity contribution in [2.24, 2.45) is 0 Å². The average Bonchev–Trinajstić information content (AvgIpc) is 3.10. The molecule has 1 fully saturated rings. The van der Waals surface area contributed by atoms with Gasteiger partial charge in [-0.25, -0.2) is 21.6 Å². The predicted molar refractivity (Wildman–Crippen MR) is 86.7 cm³/mol. The maximum atomic E-state index is 12.4. The standard InChI is InChI=1S/C13H16N2O5S3/c1-8-13(9(2)20-14-8)11-3-4-12(21-11)23(18,19)15-10-5-6-22(16,17)7-10/h3-4,10,15H,5-7H2,1-2H3/t10-/m1/s1. The Morgan fingerprint density at radius 3 is 2.65 bits per heavy atom. The van der Waals surface area contributed by atoms with Gasteiger partial charge in [0, 0.05) is 10.9 Å². The van der Waals surface area contributed by atoms with E-state index in [0.29, 0.717) is 17.9 Å². The largest absolute Gasteiger partial charge is 0.361 e. The summed E-state index contributed by atoms with van der Waals surface area (Å²) in [5, 5.41) is 3.86. The summed E-state index contributed by atoms with van der Waals surface area (Å²) in [6.45, 7) is 3.56. The summed E-state index contributed by atoms with van der Waals surface area (Å²) in [4.78, 5) is 0.751. The van der Waals surface area contributed by atoms with E-state index in [1.165, 1.54) is 6.07 Å². The number of sulfone groups is 1. The normalized spacial score (nSPS) is 20.9. The number of aryl methyl sites for hydroxylation is 2. The number of hydrogen-bond donors (Lipinski definition) is 1. The fourth-order valence-electron chi connectivity index (χ4n) is 2.60. The van der Waals surface area contributed by atoms with Gasteiger partial charge in [-0.1, -0.05) is 5.16 Å². The molecule has 0 aromatic carbocycles. The lowest BCUT2D eigenvalue weighted by Crippen LogP contribution is -2.35. The van der Waals surface area contributed by atoms with E-state index < -0.39 is 25.9 Å². The van der Waals surface area contributed by atoms with E-state index >= 15 is 0 Å². The molecule has 3 rings (SSSR count). The van der Waals surface area contributed by atoms with Crippen LogP contribution in [0.3, 0.4) is 0 Å². The molecule has 0 amide bonds. The van der Waals surface area contributed by atoms with Crippen LogP contribution in [0.1, 0.15) is 17.9 Å². The maximum absolute atomic E-state index is 12.4. The molecule has 0 saturated carbocycles. The van der Waals surface area contributed by atoms with E-state index in [-0.39, 0.29) is 15.7 Å². The van der Waals surface area contributed by atoms with Crippen LogP contribution in [0.2, 0.25) is 0 Å². The SMILES string of the molecule is Cc1noc(C)c1-c1ccc(S(=O)(=O)N[C@@H]2CCS(=O)(=O)C2)s1. The number of thiophene rings is 1. The van der Waals surface area contributed by atoms with Gasteiger partial charge in [0.2, 0.25) is 10.0 Å². The van der Waals surface area contributed by atoms with E-state index in [9.17, 15) is 16.8 Å². The van der Waals surface area contributed by atoms with Gasteiger partial charge < -0.3 is 4.52 Å². The van der Waals surface area contributed by atoms with Crippen LogP contribution in [-0.4, -0.2) is 39.5 Å². The molecule has 3 heterocycles. The van der Waals surface area contributed by atoms with E-state index in [1.807, 2.05) is 0 Å². The highest BCUT2D eigenvalue weighted by molar-refractivity contribution is 7.92. The third-order valence-electron chi connectivity index (χ3n) is 3.68. The van der Waals surface area contributed by atoms with Crippen LogP contribution in [0.25, 0.3) is 10.4 Å². The van der Waals surface area contributed by atoms with Crippen LogP contribution in [0, 0.1) is 13.8 Å². The van der Waals surface area contributed by atoms with Crippen LogP contribution < -0.4 is 4.72 Å². The minimum absolute atomic E-state index is 0.0228. The molecule has 1 atom stereocenters. The molecule has 126 valence electrons. The third-order valence-corrected chi connectivity index (χ3v) is 8.56. The van der Waals surface area contributed by atoms with Crippen molar-refractivity contribution in [3.8, 4) is 10.4 Å². The summed E-state index contributed by atoms with van der Waals surface area (Å²) in [6, 6.07) is 2.66. The lowest BCUT2D eigenvalue weighted by Gasteiger charge is -2.09. The molecule has 0 radical (unpaired) electrons. The zero-order valence-corrected chi connectivity index (χ0v) is 15.0. The molecule has 1 N–H and O–H groups in total. The Hall–Kier alpha value is -1.23. The maximum Gasteiger partial charge on any atom is 0.250 e. The highest BCUT2D eigenvalue weighted by Crippen LogP contribution is 2.34. The Kier molecular flexibility index (Phi) is 4.11. The van der Waals surface area contributed by atoms with Crippen molar-refractivity contribution in [1.82, 2.24) is 9.88 Å². The van der Waals surface area contributed by atoms with Gasteiger partial charge >= 0.3 is 0 Å². The first-order valence-electron chi connectivity index (χ1n) is 6.94. The zero-order valence-electron chi connectivity index (χ0n) is 12.6. The number of rotatable bonds is 4. The monoisotopic (exact) mass is 376 g/mol. The van der Waals surface area contributed by atoms with Crippen LogP contribution in [-0.2, 0) is 19.9 Å². The van der Waals surface area contributed by atoms with Crippen molar-refractivity contribution < 1.29 is 21.4 Å². The van der Waals surface area contributed by atoms with Gasteiger partial charge in [-0.05, 0) is 32.4 Å². The second-order valence-electron chi connectivity index (χ2n) is 5.54. The van der Waals surface area contributed by atoms with Gasteiger partial charge in [0.1, 0.15) is 9.97 Å². The van der Waals surface area contributed by atoms with Gasteiger partial charge in [0.05, 0.1) is 22.8 Å². The zero-order chi connectivity index (χ0) is 16.8. The topological polar surface area (TPSA) is 106 Å². The minimum Gasteiger partial charge on any atom is -0.361 e. The highest BCUT2D eigenvalue weighted by atomic mass is 32.2. The summed E-state index contributed by atoms with van der Waals surface area (Å²) in [5.41, 5.74) is 1.49. The number of nitrogens with zero attached hydrogens (tertiary/aromatic N) is 1. The van der Waals surface area contributed by atoms with E-state index in [0.717, 1.165) is 21.8 Å². The lowest BCUT2D eigenvalue weighted by atomic mass is 10.2. The molecule has 0 aliphatic carbocycles. The summed E-state index contributed by atoms with van der Waals surface area (Å²) >= 11 is 1.11.